The number of hydrogen-bond donors (Lipinski definition) is 1. The van der Waals surface area contributed by atoms with Gasteiger partial charge in [-0.3, -0.25) is 4.98 Å². The number of nitrogen functional groups attached to an aromatic ring is 1. The number of aromatic nitrogens is 1. The van der Waals surface area contributed by atoms with Crippen LogP contribution < -0.4 is 5.73 Å². The molecule has 0 aromatic carbocycles. The van der Waals surface area contributed by atoms with Crippen LogP contribution in [0.15, 0.2) is 12.4 Å². The number of hydrogen-bond acceptors (Lipinski definition) is 2. The Balaban J connectivity index is 0.000000810. The molecular formula is C7H11ClN2. The second-order valence-corrected chi connectivity index (χ2v) is 2.19. The molecule has 0 saturated carbocycles. The monoisotopic (exact) mass is 158 g/mol. The maximum absolute atomic E-state index is 5.64. The summed E-state index contributed by atoms with van der Waals surface area (Å²) in [5.41, 5.74) is 8.60. The van der Waals surface area contributed by atoms with E-state index in [0.29, 0.717) is 0 Å². The van der Waals surface area contributed by atoms with Crippen LogP contribution in [0, 0.1) is 13.8 Å². The molecule has 0 radical (unpaired) electrons. The van der Waals surface area contributed by atoms with Gasteiger partial charge in [-0.05, 0) is 25.0 Å². The normalized spacial score (nSPS) is 8.60. The third kappa shape index (κ3) is 1.61. The number of halogens is 1. The average Bonchev–Trinajstić information content (AvgIpc) is 1.83. The Morgan fingerprint density at radius 3 is 1.90 bits per heavy atom. The van der Waals surface area contributed by atoms with Crippen molar-refractivity contribution in [1.29, 1.82) is 0 Å². The molecule has 0 unspecified atom stereocenters. The Morgan fingerprint density at radius 2 is 1.60 bits per heavy atom. The van der Waals surface area contributed by atoms with Crippen LogP contribution in [-0.4, -0.2) is 4.98 Å². The van der Waals surface area contributed by atoms with Gasteiger partial charge < -0.3 is 5.73 Å². The van der Waals surface area contributed by atoms with Gasteiger partial charge >= 0.3 is 0 Å². The van der Waals surface area contributed by atoms with Crippen LogP contribution in [0.5, 0.6) is 0 Å². The highest BCUT2D eigenvalue weighted by molar-refractivity contribution is 5.85. The predicted molar refractivity (Wildman–Crippen MR) is 45.4 cm³/mol. The molecule has 2 nitrogen and oxygen atoms in total. The van der Waals surface area contributed by atoms with Crippen LogP contribution in [0.2, 0.25) is 0 Å². The van der Waals surface area contributed by atoms with Crippen molar-refractivity contribution in [3.8, 4) is 0 Å². The van der Waals surface area contributed by atoms with E-state index in [1.54, 1.807) is 12.4 Å². The van der Waals surface area contributed by atoms with Gasteiger partial charge in [0.1, 0.15) is 0 Å². The van der Waals surface area contributed by atoms with E-state index in [1.165, 1.54) is 0 Å². The topological polar surface area (TPSA) is 38.9 Å². The molecule has 1 rings (SSSR count). The van der Waals surface area contributed by atoms with E-state index in [-0.39, 0.29) is 12.4 Å². The first-order valence-corrected chi connectivity index (χ1v) is 2.88. The van der Waals surface area contributed by atoms with Crippen LogP contribution in [0.4, 0.5) is 5.69 Å². The molecule has 1 aromatic rings. The SMILES string of the molecule is Cc1cncc(C)c1N.Cl. The van der Waals surface area contributed by atoms with Gasteiger partial charge in [-0.2, -0.15) is 0 Å². The third-order valence-corrected chi connectivity index (χ3v) is 1.39. The van der Waals surface area contributed by atoms with E-state index in [9.17, 15) is 0 Å². The molecule has 2 N–H and O–H groups in total. The predicted octanol–water partition coefficient (Wildman–Crippen LogP) is 1.70. The molecule has 0 fully saturated rings. The molecule has 0 bridgehead atoms. The maximum atomic E-state index is 5.64. The summed E-state index contributed by atoms with van der Waals surface area (Å²) in [5, 5.41) is 0. The van der Waals surface area contributed by atoms with Gasteiger partial charge in [-0.15, -0.1) is 12.4 Å². The quantitative estimate of drug-likeness (QED) is 0.624. The fourth-order valence-electron chi connectivity index (χ4n) is 0.711. The van der Waals surface area contributed by atoms with Crippen molar-refractivity contribution >= 4 is 18.1 Å². The Bertz CT molecular complexity index is 203. The molecular weight excluding hydrogens is 148 g/mol. The Kier molecular flexibility index (Phi) is 3.16. The number of pyridine rings is 1. The second kappa shape index (κ2) is 3.42. The van der Waals surface area contributed by atoms with E-state index >= 15 is 0 Å². The number of aryl methyl sites for hydroxylation is 2. The first-order valence-electron chi connectivity index (χ1n) is 2.88. The average molecular weight is 159 g/mol. The minimum absolute atomic E-state index is 0. The van der Waals surface area contributed by atoms with Gasteiger partial charge in [0.2, 0.25) is 0 Å². The summed E-state index contributed by atoms with van der Waals surface area (Å²) in [5.74, 6) is 0. The highest BCUT2D eigenvalue weighted by atomic mass is 35.5. The Morgan fingerprint density at radius 1 is 1.20 bits per heavy atom. The molecule has 0 saturated heterocycles. The number of nitrogens with two attached hydrogens (primary N) is 1. The van der Waals surface area contributed by atoms with E-state index < -0.39 is 0 Å². The fraction of sp³-hybridized carbons (Fsp3) is 0.286. The van der Waals surface area contributed by atoms with Crippen LogP contribution in [0.3, 0.4) is 0 Å². The lowest BCUT2D eigenvalue weighted by Gasteiger charge is -1.99. The Labute approximate surface area is 66.9 Å². The molecule has 0 atom stereocenters. The Hall–Kier alpha value is -0.760. The number of nitrogens with zero attached hydrogens (tertiary/aromatic N) is 1. The lowest BCUT2D eigenvalue weighted by atomic mass is 10.2. The summed E-state index contributed by atoms with van der Waals surface area (Å²) >= 11 is 0. The molecule has 10 heavy (non-hydrogen) atoms. The van der Waals surface area contributed by atoms with Gasteiger partial charge in [-0.1, -0.05) is 0 Å². The van der Waals surface area contributed by atoms with Crippen molar-refractivity contribution in [1.82, 2.24) is 4.98 Å². The first-order chi connectivity index (χ1) is 4.22. The molecule has 0 amide bonds. The van der Waals surface area contributed by atoms with Crippen molar-refractivity contribution in [2.75, 3.05) is 5.73 Å². The summed E-state index contributed by atoms with van der Waals surface area (Å²) < 4.78 is 0. The summed E-state index contributed by atoms with van der Waals surface area (Å²) in [6.07, 6.45) is 3.53. The van der Waals surface area contributed by atoms with Crippen LogP contribution in [0.25, 0.3) is 0 Å². The third-order valence-electron chi connectivity index (χ3n) is 1.39. The zero-order chi connectivity index (χ0) is 6.85. The summed E-state index contributed by atoms with van der Waals surface area (Å²) in [4.78, 5) is 3.96. The highest BCUT2D eigenvalue weighted by Gasteiger charge is 1.93. The standard InChI is InChI=1S/C7H10N2.ClH/c1-5-3-9-4-6(2)7(5)8;/h3-4H,1-2H3,(H2,8,9);1H. The molecule has 0 aliphatic rings. The molecule has 3 heteroatoms. The van der Waals surface area contributed by atoms with Crippen molar-refractivity contribution < 1.29 is 0 Å². The maximum Gasteiger partial charge on any atom is 0.0404 e. The van der Waals surface area contributed by atoms with Gasteiger partial charge in [0.05, 0.1) is 0 Å². The minimum Gasteiger partial charge on any atom is -0.398 e. The van der Waals surface area contributed by atoms with Crippen LogP contribution >= 0.6 is 12.4 Å². The summed E-state index contributed by atoms with van der Waals surface area (Å²) in [7, 11) is 0. The van der Waals surface area contributed by atoms with Crippen LogP contribution in [0.1, 0.15) is 11.1 Å². The van der Waals surface area contributed by atoms with Gasteiger partial charge in [0.25, 0.3) is 0 Å². The number of anilines is 1. The largest absolute Gasteiger partial charge is 0.398 e. The molecule has 0 aliphatic carbocycles. The zero-order valence-corrected chi connectivity index (χ0v) is 6.90. The number of rotatable bonds is 0. The fourth-order valence-corrected chi connectivity index (χ4v) is 0.711. The van der Waals surface area contributed by atoms with Crippen LogP contribution in [-0.2, 0) is 0 Å². The molecule has 0 spiro atoms. The molecule has 56 valence electrons. The van der Waals surface area contributed by atoms with Crippen molar-refractivity contribution in [3.63, 3.8) is 0 Å². The van der Waals surface area contributed by atoms with E-state index in [2.05, 4.69) is 4.98 Å². The lowest BCUT2D eigenvalue weighted by molar-refractivity contribution is 1.23. The highest BCUT2D eigenvalue weighted by Crippen LogP contribution is 2.11. The minimum atomic E-state index is 0. The summed E-state index contributed by atoms with van der Waals surface area (Å²) in [6.45, 7) is 3.91. The van der Waals surface area contributed by atoms with E-state index in [4.69, 9.17) is 5.73 Å². The molecule has 1 heterocycles. The molecule has 0 aliphatic heterocycles. The second-order valence-electron chi connectivity index (χ2n) is 2.19. The van der Waals surface area contributed by atoms with E-state index in [1.807, 2.05) is 13.8 Å². The lowest BCUT2D eigenvalue weighted by Crippen LogP contribution is -1.93. The molecule has 1 aromatic heterocycles. The van der Waals surface area contributed by atoms with Gasteiger partial charge in [0.15, 0.2) is 0 Å². The van der Waals surface area contributed by atoms with E-state index in [0.717, 1.165) is 16.8 Å². The first kappa shape index (κ1) is 9.24. The van der Waals surface area contributed by atoms with Crippen molar-refractivity contribution in [2.24, 2.45) is 0 Å². The van der Waals surface area contributed by atoms with Crippen molar-refractivity contribution in [3.05, 3.63) is 23.5 Å². The smallest absolute Gasteiger partial charge is 0.0404 e. The zero-order valence-electron chi connectivity index (χ0n) is 6.09. The van der Waals surface area contributed by atoms with Gasteiger partial charge in [-0.25, -0.2) is 0 Å². The van der Waals surface area contributed by atoms with Crippen molar-refractivity contribution in [2.45, 2.75) is 13.8 Å². The van der Waals surface area contributed by atoms with Gasteiger partial charge in [0, 0.05) is 18.1 Å². The summed E-state index contributed by atoms with van der Waals surface area (Å²) in [6, 6.07) is 0.